The molecule has 1 amide bonds. The predicted octanol–water partition coefficient (Wildman–Crippen LogP) is 4.43. The van der Waals surface area contributed by atoms with E-state index in [1.54, 1.807) is 16.7 Å². The molecular formula is C28H31N5O4. The van der Waals surface area contributed by atoms with E-state index in [4.69, 9.17) is 10.5 Å². The first kappa shape index (κ1) is 24.7. The number of ether oxygens (including phenoxy) is 1. The summed E-state index contributed by atoms with van der Waals surface area (Å²) in [6.45, 7) is 1.95. The van der Waals surface area contributed by atoms with Crippen LogP contribution < -0.4 is 11.1 Å². The molecule has 0 aliphatic carbocycles. The molecule has 1 aliphatic rings. The fraction of sp³-hybridized carbons (Fsp3) is 0.321. The Bertz CT molecular complexity index is 1460. The van der Waals surface area contributed by atoms with Gasteiger partial charge in [0.15, 0.2) is 0 Å². The van der Waals surface area contributed by atoms with Gasteiger partial charge in [-0.25, -0.2) is 14.6 Å². The first-order valence-electron chi connectivity index (χ1n) is 12.5. The number of carboxylic acid groups (broad SMARTS) is 1. The zero-order valence-electron chi connectivity index (χ0n) is 20.8. The number of nitrogens with zero attached hydrogens (tertiary/aromatic N) is 3. The number of carbonyl (C=O) groups is 2. The molecule has 1 aliphatic heterocycles. The summed E-state index contributed by atoms with van der Waals surface area (Å²) in [5.41, 5.74) is 8.58. The van der Waals surface area contributed by atoms with E-state index in [1.807, 2.05) is 42.5 Å². The maximum atomic E-state index is 12.6. The van der Waals surface area contributed by atoms with Crippen molar-refractivity contribution in [3.8, 4) is 0 Å². The lowest BCUT2D eigenvalue weighted by molar-refractivity contribution is 0.0686. The van der Waals surface area contributed by atoms with E-state index < -0.39 is 12.1 Å². The number of nitrogens with two attached hydrogens (primary N) is 1. The smallest absolute Gasteiger partial charge is 0.411 e. The molecule has 0 radical (unpaired) electrons. The molecular weight excluding hydrogens is 470 g/mol. The number of likely N-dealkylation sites (tertiary alicyclic amines) is 1. The third kappa shape index (κ3) is 5.28. The van der Waals surface area contributed by atoms with Gasteiger partial charge < -0.3 is 25.0 Å². The highest BCUT2D eigenvalue weighted by Crippen LogP contribution is 2.28. The molecule has 2 aromatic carbocycles. The van der Waals surface area contributed by atoms with Crippen LogP contribution in [0.1, 0.15) is 41.0 Å². The lowest BCUT2D eigenvalue weighted by Gasteiger charge is -2.19. The third-order valence-corrected chi connectivity index (χ3v) is 7.11. The maximum absolute atomic E-state index is 12.6. The molecule has 9 heteroatoms. The number of carboxylic acids is 1. The van der Waals surface area contributed by atoms with Crippen molar-refractivity contribution in [3.63, 3.8) is 0 Å². The minimum atomic E-state index is -1.04. The second-order valence-electron chi connectivity index (χ2n) is 9.52. The highest BCUT2D eigenvalue weighted by molar-refractivity contribution is 5.95. The Morgan fingerprint density at radius 1 is 1.16 bits per heavy atom. The minimum Gasteiger partial charge on any atom is -0.477 e. The van der Waals surface area contributed by atoms with Crippen molar-refractivity contribution >= 4 is 39.6 Å². The van der Waals surface area contributed by atoms with Gasteiger partial charge in [-0.1, -0.05) is 24.3 Å². The van der Waals surface area contributed by atoms with E-state index in [9.17, 15) is 14.7 Å². The van der Waals surface area contributed by atoms with Crippen molar-refractivity contribution in [2.75, 3.05) is 25.5 Å². The number of hydrogen-bond donors (Lipinski definition) is 3. The van der Waals surface area contributed by atoms with Crippen molar-refractivity contribution in [2.45, 2.75) is 38.4 Å². The Hall–Kier alpha value is -3.95. The number of rotatable bonds is 8. The van der Waals surface area contributed by atoms with E-state index in [2.05, 4.69) is 22.2 Å². The zero-order valence-corrected chi connectivity index (χ0v) is 20.8. The quantitative estimate of drug-likeness (QED) is 0.326. The van der Waals surface area contributed by atoms with Gasteiger partial charge >= 0.3 is 12.1 Å². The normalized spacial score (nSPS) is 15.9. The molecule has 4 aromatic rings. The van der Waals surface area contributed by atoms with E-state index in [-0.39, 0.29) is 18.8 Å². The van der Waals surface area contributed by atoms with Crippen molar-refractivity contribution in [3.05, 3.63) is 71.5 Å². The molecule has 4 N–H and O–H groups in total. The van der Waals surface area contributed by atoms with Gasteiger partial charge in [0.05, 0.1) is 18.8 Å². The van der Waals surface area contributed by atoms with Gasteiger partial charge in [-0.3, -0.25) is 5.32 Å². The number of hydrogen-bond acceptors (Lipinski definition) is 6. The zero-order chi connectivity index (χ0) is 25.9. The summed E-state index contributed by atoms with van der Waals surface area (Å²) in [6.07, 6.45) is 2.61. The molecule has 9 nitrogen and oxygen atoms in total. The number of pyridine rings is 1. The summed E-state index contributed by atoms with van der Waals surface area (Å²) >= 11 is 0. The summed E-state index contributed by atoms with van der Waals surface area (Å²) < 4.78 is 7.15. The largest absolute Gasteiger partial charge is 0.477 e. The van der Waals surface area contributed by atoms with E-state index >= 15 is 0 Å². The third-order valence-electron chi connectivity index (χ3n) is 7.11. The summed E-state index contributed by atoms with van der Waals surface area (Å²) in [6, 6.07) is 17.3. The summed E-state index contributed by atoms with van der Waals surface area (Å²) in [5.74, 6) is -1.04. The molecule has 1 atom stereocenters. The average Bonchev–Trinajstić information content (AvgIpc) is 3.46. The van der Waals surface area contributed by atoms with Gasteiger partial charge in [-0.15, -0.1) is 0 Å². The second kappa shape index (κ2) is 10.6. The molecule has 0 saturated carbocycles. The fourth-order valence-electron chi connectivity index (χ4n) is 5.17. The molecule has 0 bridgehead atoms. The van der Waals surface area contributed by atoms with Crippen molar-refractivity contribution in [2.24, 2.45) is 5.73 Å². The summed E-state index contributed by atoms with van der Waals surface area (Å²) in [4.78, 5) is 31.5. The Balaban J connectivity index is 1.42. The van der Waals surface area contributed by atoms with E-state index in [0.29, 0.717) is 29.7 Å². The average molecular weight is 502 g/mol. The molecule has 1 saturated heterocycles. The fourth-order valence-corrected chi connectivity index (χ4v) is 5.17. The predicted molar refractivity (Wildman–Crippen MR) is 143 cm³/mol. The topological polar surface area (TPSA) is 123 Å². The Labute approximate surface area is 214 Å². The van der Waals surface area contributed by atoms with Crippen LogP contribution in [0, 0.1) is 0 Å². The van der Waals surface area contributed by atoms with Crippen LogP contribution in [-0.2, 0) is 17.8 Å². The number of fused-ring (bicyclic) bond motifs is 2. The van der Waals surface area contributed by atoms with Crippen LogP contribution in [0.2, 0.25) is 0 Å². The van der Waals surface area contributed by atoms with Crippen LogP contribution in [0.5, 0.6) is 0 Å². The number of carbonyl (C=O) groups excluding carboxylic acids is 1. The minimum absolute atomic E-state index is 0.135. The molecule has 37 heavy (non-hydrogen) atoms. The SMILES string of the molecule is CN1CCC[C@H]1CCOC(=O)Nc1cc(Cn2c(C(=O)O)cc3ccc(CN)nc32)c2ccccc2c1. The second-order valence-corrected chi connectivity index (χ2v) is 9.52. The summed E-state index contributed by atoms with van der Waals surface area (Å²) in [5, 5.41) is 15.3. The van der Waals surface area contributed by atoms with E-state index in [0.717, 1.165) is 41.1 Å². The van der Waals surface area contributed by atoms with Crippen LogP contribution in [0.4, 0.5) is 10.5 Å². The highest BCUT2D eigenvalue weighted by atomic mass is 16.5. The van der Waals surface area contributed by atoms with Crippen LogP contribution in [0.3, 0.4) is 0 Å². The maximum Gasteiger partial charge on any atom is 0.411 e. The molecule has 1 fully saturated rings. The van der Waals surface area contributed by atoms with Gasteiger partial charge in [-0.05, 0) is 79.5 Å². The van der Waals surface area contributed by atoms with Crippen LogP contribution in [-0.4, -0.2) is 57.9 Å². The highest BCUT2D eigenvalue weighted by Gasteiger charge is 2.21. The number of anilines is 1. The van der Waals surface area contributed by atoms with Gasteiger partial charge in [0.25, 0.3) is 0 Å². The molecule has 2 aromatic heterocycles. The lowest BCUT2D eigenvalue weighted by atomic mass is 10.0. The van der Waals surface area contributed by atoms with Crippen LogP contribution in [0.15, 0.2) is 54.6 Å². The van der Waals surface area contributed by atoms with Gasteiger partial charge in [0.1, 0.15) is 11.3 Å². The standard InChI is InChI=1S/C28H31N5O4/c1-32-11-4-6-23(32)10-12-37-28(36)31-22-13-18-5-2-3-7-24(18)20(14-22)17-33-25(27(34)35)15-19-8-9-21(16-29)30-26(19)33/h2-3,5,7-9,13-15,23H,4,6,10-12,16-17,29H2,1H3,(H,31,36)(H,34,35)/t23-/m0/s1. The van der Waals surface area contributed by atoms with Gasteiger partial charge in [-0.2, -0.15) is 0 Å². The van der Waals surface area contributed by atoms with Crippen molar-refractivity contribution in [1.29, 1.82) is 0 Å². The van der Waals surface area contributed by atoms with Gasteiger partial charge in [0.2, 0.25) is 0 Å². The summed E-state index contributed by atoms with van der Waals surface area (Å²) in [7, 11) is 2.10. The lowest BCUT2D eigenvalue weighted by Crippen LogP contribution is -2.27. The number of amides is 1. The monoisotopic (exact) mass is 501 g/mol. The van der Waals surface area contributed by atoms with Crippen molar-refractivity contribution < 1.29 is 19.4 Å². The Morgan fingerprint density at radius 3 is 2.76 bits per heavy atom. The Morgan fingerprint density at radius 2 is 2.00 bits per heavy atom. The van der Waals surface area contributed by atoms with Gasteiger partial charge in [0, 0.05) is 23.7 Å². The molecule has 0 spiro atoms. The number of aromatic nitrogens is 2. The number of benzene rings is 2. The Kier molecular flexibility index (Phi) is 7.07. The van der Waals surface area contributed by atoms with Crippen molar-refractivity contribution in [1.82, 2.24) is 14.5 Å². The van der Waals surface area contributed by atoms with E-state index in [1.165, 1.54) is 6.42 Å². The van der Waals surface area contributed by atoms with Crippen LogP contribution in [0.25, 0.3) is 21.8 Å². The number of nitrogens with one attached hydrogen (secondary N) is 1. The molecule has 192 valence electrons. The first-order valence-corrected chi connectivity index (χ1v) is 12.5. The molecule has 3 heterocycles. The molecule has 0 unspecified atom stereocenters. The first-order chi connectivity index (χ1) is 17.9. The van der Waals surface area contributed by atoms with Crippen LogP contribution >= 0.6 is 0 Å². The molecule has 5 rings (SSSR count). The number of aromatic carboxylic acids is 1.